The number of ether oxygens (including phenoxy) is 1. The Morgan fingerprint density at radius 2 is 1.89 bits per heavy atom. The molecule has 0 radical (unpaired) electrons. The molecule has 0 aromatic heterocycles. The van der Waals surface area contributed by atoms with Gasteiger partial charge in [0.25, 0.3) is 0 Å². The van der Waals surface area contributed by atoms with Crippen molar-refractivity contribution in [3.63, 3.8) is 0 Å². The Morgan fingerprint density at radius 3 is 2.53 bits per heavy atom. The van der Waals surface area contributed by atoms with E-state index in [1.54, 1.807) is 0 Å². The monoisotopic (exact) mass is 264 g/mol. The minimum Gasteiger partial charge on any atom is -0.489 e. The van der Waals surface area contributed by atoms with Crippen molar-refractivity contribution in [3.8, 4) is 5.75 Å². The third-order valence-electron chi connectivity index (χ3n) is 3.17. The van der Waals surface area contributed by atoms with Crippen molar-refractivity contribution >= 4 is 11.4 Å². The molecule has 5 nitrogen and oxygen atoms in total. The van der Waals surface area contributed by atoms with Gasteiger partial charge < -0.3 is 20.8 Å². The van der Waals surface area contributed by atoms with E-state index in [0.717, 1.165) is 37.6 Å². The second-order valence-electron chi connectivity index (χ2n) is 5.32. The van der Waals surface area contributed by atoms with Gasteiger partial charge in [0.15, 0.2) is 0 Å². The molecule has 1 fully saturated rings. The lowest BCUT2D eigenvalue weighted by Gasteiger charge is -2.33. The molecule has 1 aliphatic heterocycles. The Hall–Kier alpha value is -1.46. The highest BCUT2D eigenvalue weighted by Gasteiger charge is 2.14. The number of nitrogen functional groups attached to an aromatic ring is 1. The molecule has 0 amide bonds. The van der Waals surface area contributed by atoms with Gasteiger partial charge in [-0.05, 0) is 33.0 Å². The lowest BCUT2D eigenvalue weighted by molar-refractivity contribution is 0.179. The highest BCUT2D eigenvalue weighted by molar-refractivity contribution is 5.61. The molecular weight excluding hydrogens is 240 g/mol. The lowest BCUT2D eigenvalue weighted by Crippen LogP contribution is -2.46. The smallest absolute Gasteiger partial charge is 0.144 e. The van der Waals surface area contributed by atoms with Gasteiger partial charge in [-0.25, -0.2) is 5.01 Å². The molecule has 1 aliphatic rings. The number of hydrazine groups is 1. The molecule has 1 aromatic carbocycles. The number of hydrogen-bond acceptors (Lipinski definition) is 5. The molecule has 106 valence electrons. The van der Waals surface area contributed by atoms with Gasteiger partial charge >= 0.3 is 0 Å². The Kier molecular flexibility index (Phi) is 4.50. The Morgan fingerprint density at radius 1 is 1.21 bits per heavy atom. The molecule has 0 unspecified atom stereocenters. The molecule has 2 rings (SSSR count). The normalized spacial score (nSPS) is 17.7. The fourth-order valence-electron chi connectivity index (χ4n) is 2.06. The van der Waals surface area contributed by atoms with Crippen molar-refractivity contribution in [3.05, 3.63) is 18.2 Å². The summed E-state index contributed by atoms with van der Waals surface area (Å²) in [5.74, 6) is 0.745. The molecule has 3 N–H and O–H groups in total. The summed E-state index contributed by atoms with van der Waals surface area (Å²) in [5, 5.41) is 2.23. The van der Waals surface area contributed by atoms with Crippen molar-refractivity contribution < 1.29 is 4.74 Å². The minimum absolute atomic E-state index is 0.126. The number of anilines is 2. The maximum absolute atomic E-state index is 5.92. The van der Waals surface area contributed by atoms with E-state index in [-0.39, 0.29) is 6.10 Å². The van der Waals surface area contributed by atoms with Gasteiger partial charge in [0.1, 0.15) is 5.75 Å². The van der Waals surface area contributed by atoms with E-state index in [9.17, 15) is 0 Å². The summed E-state index contributed by atoms with van der Waals surface area (Å²) in [6, 6.07) is 5.84. The van der Waals surface area contributed by atoms with Crippen LogP contribution in [-0.4, -0.2) is 49.2 Å². The van der Waals surface area contributed by atoms with E-state index in [2.05, 4.69) is 22.4 Å². The van der Waals surface area contributed by atoms with Crippen LogP contribution in [0.25, 0.3) is 0 Å². The van der Waals surface area contributed by atoms with Crippen molar-refractivity contribution in [2.45, 2.75) is 20.0 Å². The third-order valence-corrected chi connectivity index (χ3v) is 3.17. The van der Waals surface area contributed by atoms with E-state index >= 15 is 0 Å². The molecule has 0 spiro atoms. The first-order valence-electron chi connectivity index (χ1n) is 6.81. The van der Waals surface area contributed by atoms with Crippen LogP contribution in [0.4, 0.5) is 11.4 Å². The maximum Gasteiger partial charge on any atom is 0.144 e. The number of piperazine rings is 1. The Bertz CT molecular complexity index is 414. The van der Waals surface area contributed by atoms with E-state index in [1.807, 2.05) is 32.0 Å². The molecule has 1 saturated heterocycles. The first kappa shape index (κ1) is 14.0. The van der Waals surface area contributed by atoms with E-state index in [1.165, 1.54) is 0 Å². The zero-order valence-electron chi connectivity index (χ0n) is 12.0. The van der Waals surface area contributed by atoms with Gasteiger partial charge in [0, 0.05) is 32.2 Å². The van der Waals surface area contributed by atoms with Crippen LogP contribution in [0, 0.1) is 0 Å². The molecule has 0 aliphatic carbocycles. The van der Waals surface area contributed by atoms with Crippen LogP contribution in [0.15, 0.2) is 18.2 Å². The first-order chi connectivity index (χ1) is 9.04. The van der Waals surface area contributed by atoms with Crippen molar-refractivity contribution in [1.82, 2.24) is 9.91 Å². The number of likely N-dealkylation sites (N-methyl/N-ethyl adjacent to an activating group) is 1. The Labute approximate surface area is 115 Å². The highest BCUT2D eigenvalue weighted by Crippen LogP contribution is 2.26. The van der Waals surface area contributed by atoms with Crippen LogP contribution >= 0.6 is 0 Å². The molecule has 1 heterocycles. The zero-order valence-corrected chi connectivity index (χ0v) is 12.0. The molecule has 5 heteroatoms. The van der Waals surface area contributed by atoms with Crippen molar-refractivity contribution in [1.29, 1.82) is 0 Å². The average molecular weight is 264 g/mol. The predicted octanol–water partition coefficient (Wildman–Crippen LogP) is 1.63. The SMILES string of the molecule is CC(C)Oc1cc(NN2CCN(C)CC2)ccc1N. The molecular formula is C14H24N4O. The number of rotatable bonds is 4. The summed E-state index contributed by atoms with van der Waals surface area (Å²) in [6.45, 7) is 8.19. The number of benzene rings is 1. The summed E-state index contributed by atoms with van der Waals surface area (Å²) >= 11 is 0. The lowest BCUT2D eigenvalue weighted by atomic mass is 10.2. The summed E-state index contributed by atoms with van der Waals surface area (Å²) in [4.78, 5) is 2.33. The molecule has 19 heavy (non-hydrogen) atoms. The van der Waals surface area contributed by atoms with Crippen molar-refractivity contribution in [2.75, 3.05) is 44.4 Å². The fourth-order valence-corrected chi connectivity index (χ4v) is 2.06. The van der Waals surface area contributed by atoms with Gasteiger partial charge in [0.2, 0.25) is 0 Å². The predicted molar refractivity (Wildman–Crippen MR) is 79.3 cm³/mol. The van der Waals surface area contributed by atoms with Crippen LogP contribution in [0.1, 0.15) is 13.8 Å². The molecule has 0 atom stereocenters. The highest BCUT2D eigenvalue weighted by atomic mass is 16.5. The van der Waals surface area contributed by atoms with Crippen LogP contribution in [0.3, 0.4) is 0 Å². The number of nitrogens with one attached hydrogen (secondary N) is 1. The maximum atomic E-state index is 5.92. The fraction of sp³-hybridized carbons (Fsp3) is 0.571. The second kappa shape index (κ2) is 6.12. The van der Waals surface area contributed by atoms with Crippen LogP contribution in [0.2, 0.25) is 0 Å². The summed E-state index contributed by atoms with van der Waals surface area (Å²) in [5.41, 5.74) is 11.0. The van der Waals surface area contributed by atoms with Crippen LogP contribution in [-0.2, 0) is 0 Å². The largest absolute Gasteiger partial charge is 0.489 e. The summed E-state index contributed by atoms with van der Waals surface area (Å²) in [6.07, 6.45) is 0.126. The standard InChI is InChI=1S/C14H24N4O/c1-11(2)19-14-10-12(4-5-13(14)15)16-18-8-6-17(3)7-9-18/h4-5,10-11,16H,6-9,15H2,1-3H3. The van der Waals surface area contributed by atoms with Gasteiger partial charge in [-0.2, -0.15) is 0 Å². The van der Waals surface area contributed by atoms with Gasteiger partial charge in [0.05, 0.1) is 17.5 Å². The Balaban J connectivity index is 2.00. The van der Waals surface area contributed by atoms with Gasteiger partial charge in [-0.15, -0.1) is 0 Å². The number of nitrogens with zero attached hydrogens (tertiary/aromatic N) is 2. The third kappa shape index (κ3) is 4.01. The molecule has 0 bridgehead atoms. The van der Waals surface area contributed by atoms with E-state index in [4.69, 9.17) is 10.5 Å². The van der Waals surface area contributed by atoms with Gasteiger partial charge in [-0.3, -0.25) is 0 Å². The first-order valence-corrected chi connectivity index (χ1v) is 6.81. The average Bonchev–Trinajstić information content (AvgIpc) is 2.36. The van der Waals surface area contributed by atoms with E-state index < -0.39 is 0 Å². The molecule has 0 saturated carbocycles. The van der Waals surface area contributed by atoms with Gasteiger partial charge in [-0.1, -0.05) is 0 Å². The van der Waals surface area contributed by atoms with Crippen molar-refractivity contribution in [2.24, 2.45) is 0 Å². The van der Waals surface area contributed by atoms with Crippen LogP contribution < -0.4 is 15.9 Å². The zero-order chi connectivity index (χ0) is 13.8. The quantitative estimate of drug-likeness (QED) is 0.810. The van der Waals surface area contributed by atoms with E-state index in [0.29, 0.717) is 5.69 Å². The summed E-state index contributed by atoms with van der Waals surface area (Å²) < 4.78 is 5.70. The topological polar surface area (TPSA) is 53.8 Å². The second-order valence-corrected chi connectivity index (χ2v) is 5.32. The number of hydrogen-bond donors (Lipinski definition) is 2. The molecule has 1 aromatic rings. The van der Waals surface area contributed by atoms with Crippen LogP contribution in [0.5, 0.6) is 5.75 Å². The minimum atomic E-state index is 0.126. The number of nitrogens with two attached hydrogens (primary N) is 1. The summed E-state index contributed by atoms with van der Waals surface area (Å²) in [7, 11) is 2.15.